The lowest BCUT2D eigenvalue weighted by Gasteiger charge is -2.02. The Hall–Kier alpha value is -2.13. The minimum Gasteiger partial charge on any atom is -0.360 e. The van der Waals surface area contributed by atoms with Crippen LogP contribution in [0.3, 0.4) is 0 Å². The van der Waals surface area contributed by atoms with Gasteiger partial charge in [0, 0.05) is 29.1 Å². The van der Waals surface area contributed by atoms with Crippen LogP contribution in [0.2, 0.25) is 0 Å². The number of para-hydroxylation sites is 1. The quantitative estimate of drug-likeness (QED) is 0.651. The Labute approximate surface area is 117 Å². The molecule has 0 amide bonds. The van der Waals surface area contributed by atoms with E-state index in [1.54, 1.807) is 12.1 Å². The number of benzene rings is 1. The van der Waals surface area contributed by atoms with Crippen molar-refractivity contribution in [3.63, 3.8) is 0 Å². The molecule has 0 fully saturated rings. The lowest BCUT2D eigenvalue weighted by atomic mass is 10.1. The number of fused-ring (bicyclic) bond motifs is 1. The van der Waals surface area contributed by atoms with Gasteiger partial charge in [0.05, 0.1) is 11.8 Å². The smallest absolute Gasteiger partial charge is 0.180 e. The molecule has 0 aliphatic carbocycles. The average Bonchev–Trinajstić information content (AvgIpc) is 2.82. The maximum atomic E-state index is 12.1. The number of nitrogens with zero attached hydrogens (tertiary/aromatic N) is 1. The normalized spacial score (nSPS) is 11.3. The van der Waals surface area contributed by atoms with Crippen LogP contribution in [0.15, 0.2) is 30.5 Å². The summed E-state index contributed by atoms with van der Waals surface area (Å²) in [6.45, 7) is 0. The summed E-state index contributed by atoms with van der Waals surface area (Å²) in [6, 6.07) is 9.14. The first-order valence-corrected chi connectivity index (χ1v) is 8.02. The van der Waals surface area contributed by atoms with Gasteiger partial charge in [0.25, 0.3) is 0 Å². The van der Waals surface area contributed by atoms with E-state index in [1.165, 1.54) is 6.20 Å². The highest BCUT2D eigenvalue weighted by atomic mass is 32.2. The molecule has 1 heterocycles. The van der Waals surface area contributed by atoms with E-state index in [1.807, 2.05) is 18.2 Å². The number of hydrogen-bond donors (Lipinski definition) is 1. The van der Waals surface area contributed by atoms with Crippen molar-refractivity contribution in [1.29, 1.82) is 5.26 Å². The van der Waals surface area contributed by atoms with Gasteiger partial charge in [0.15, 0.2) is 15.6 Å². The van der Waals surface area contributed by atoms with Gasteiger partial charge in [-0.2, -0.15) is 5.26 Å². The van der Waals surface area contributed by atoms with Crippen molar-refractivity contribution in [2.75, 3.05) is 11.5 Å². The van der Waals surface area contributed by atoms with Crippen LogP contribution in [0.25, 0.3) is 10.9 Å². The molecule has 2 aromatic rings. The zero-order valence-corrected chi connectivity index (χ0v) is 11.6. The highest BCUT2D eigenvalue weighted by Gasteiger charge is 2.20. The molecule has 0 spiro atoms. The van der Waals surface area contributed by atoms with Crippen molar-refractivity contribution in [3.8, 4) is 6.07 Å². The third kappa shape index (κ3) is 3.25. The first-order valence-electron chi connectivity index (χ1n) is 6.20. The van der Waals surface area contributed by atoms with Crippen LogP contribution >= 0.6 is 0 Å². The molecule has 0 saturated heterocycles. The zero-order valence-electron chi connectivity index (χ0n) is 10.8. The van der Waals surface area contributed by atoms with Crippen LogP contribution in [-0.4, -0.2) is 30.7 Å². The molecule has 1 aromatic carbocycles. The Kier molecular flexibility index (Phi) is 4.20. The second-order valence-electron chi connectivity index (χ2n) is 4.52. The SMILES string of the molecule is N#CCCCS(=O)(=O)CC(=O)c1c[nH]c2ccccc12. The fraction of sp³-hybridized carbons (Fsp3) is 0.286. The predicted molar refractivity (Wildman–Crippen MR) is 76.1 cm³/mol. The van der Waals surface area contributed by atoms with Gasteiger partial charge < -0.3 is 4.98 Å². The zero-order chi connectivity index (χ0) is 14.6. The summed E-state index contributed by atoms with van der Waals surface area (Å²) >= 11 is 0. The van der Waals surface area contributed by atoms with Crippen molar-refractivity contribution in [3.05, 3.63) is 36.0 Å². The highest BCUT2D eigenvalue weighted by molar-refractivity contribution is 7.92. The number of Topliss-reactive ketones (excluding diaryl/α,β-unsaturated/α-hetero) is 1. The Morgan fingerprint density at radius 3 is 2.80 bits per heavy atom. The molecule has 6 heteroatoms. The van der Waals surface area contributed by atoms with E-state index in [9.17, 15) is 13.2 Å². The van der Waals surface area contributed by atoms with Crippen molar-refractivity contribution in [2.24, 2.45) is 0 Å². The number of ketones is 1. The molecule has 0 unspecified atom stereocenters. The fourth-order valence-electron chi connectivity index (χ4n) is 2.02. The van der Waals surface area contributed by atoms with E-state index >= 15 is 0 Å². The van der Waals surface area contributed by atoms with Crippen molar-refractivity contribution in [1.82, 2.24) is 4.98 Å². The van der Waals surface area contributed by atoms with Crippen LogP contribution in [0, 0.1) is 11.3 Å². The average molecular weight is 290 g/mol. The van der Waals surface area contributed by atoms with Gasteiger partial charge in [0.1, 0.15) is 5.75 Å². The summed E-state index contributed by atoms with van der Waals surface area (Å²) in [4.78, 5) is 15.1. The molecule has 5 nitrogen and oxygen atoms in total. The number of rotatable bonds is 6. The molecule has 0 aliphatic heterocycles. The lowest BCUT2D eigenvalue weighted by Crippen LogP contribution is -2.18. The standard InChI is InChI=1S/C14H14N2O3S/c15-7-3-4-8-20(18,19)10-14(17)12-9-16-13-6-2-1-5-11(12)13/h1-2,5-6,9,16H,3-4,8,10H2. The number of aromatic nitrogens is 1. The molecule has 0 aliphatic rings. The predicted octanol–water partition coefficient (Wildman–Crippen LogP) is 2.07. The van der Waals surface area contributed by atoms with Gasteiger partial charge in [-0.05, 0) is 12.5 Å². The summed E-state index contributed by atoms with van der Waals surface area (Å²) in [5.41, 5.74) is 1.20. The Balaban J connectivity index is 2.14. The molecular weight excluding hydrogens is 276 g/mol. The summed E-state index contributed by atoms with van der Waals surface area (Å²) < 4.78 is 23.6. The molecule has 0 bridgehead atoms. The van der Waals surface area contributed by atoms with E-state index in [0.29, 0.717) is 5.56 Å². The van der Waals surface area contributed by atoms with Gasteiger partial charge in [-0.1, -0.05) is 18.2 Å². The van der Waals surface area contributed by atoms with E-state index in [2.05, 4.69) is 4.98 Å². The number of nitriles is 1. The van der Waals surface area contributed by atoms with Crippen molar-refractivity contribution < 1.29 is 13.2 Å². The van der Waals surface area contributed by atoms with Gasteiger partial charge in [-0.3, -0.25) is 4.79 Å². The lowest BCUT2D eigenvalue weighted by molar-refractivity contribution is 0.102. The van der Waals surface area contributed by atoms with Crippen molar-refractivity contribution >= 4 is 26.5 Å². The van der Waals surface area contributed by atoms with Gasteiger partial charge in [-0.15, -0.1) is 0 Å². The molecule has 104 valence electrons. The van der Waals surface area contributed by atoms with E-state index in [0.717, 1.165) is 10.9 Å². The number of sulfone groups is 1. The molecule has 2 rings (SSSR count). The summed E-state index contributed by atoms with van der Waals surface area (Å²) in [5, 5.41) is 9.12. The first-order chi connectivity index (χ1) is 9.53. The Morgan fingerprint density at radius 2 is 2.05 bits per heavy atom. The van der Waals surface area contributed by atoms with E-state index < -0.39 is 21.4 Å². The Bertz CT molecular complexity index is 769. The molecule has 1 N–H and O–H groups in total. The summed E-state index contributed by atoms with van der Waals surface area (Å²) in [6.07, 6.45) is 1.98. The number of nitrogens with one attached hydrogen (secondary N) is 1. The van der Waals surface area contributed by atoms with Gasteiger partial charge in [0.2, 0.25) is 0 Å². The van der Waals surface area contributed by atoms with E-state index in [4.69, 9.17) is 5.26 Å². The topological polar surface area (TPSA) is 90.8 Å². The minimum absolute atomic E-state index is 0.130. The maximum Gasteiger partial charge on any atom is 0.180 e. The van der Waals surface area contributed by atoms with E-state index in [-0.39, 0.29) is 18.6 Å². The van der Waals surface area contributed by atoms with Crippen LogP contribution in [-0.2, 0) is 9.84 Å². The van der Waals surface area contributed by atoms with Gasteiger partial charge >= 0.3 is 0 Å². The Morgan fingerprint density at radius 1 is 1.30 bits per heavy atom. The highest BCUT2D eigenvalue weighted by Crippen LogP contribution is 2.18. The second kappa shape index (κ2) is 5.88. The second-order valence-corrected chi connectivity index (χ2v) is 6.71. The summed E-state index contributed by atoms with van der Waals surface area (Å²) in [7, 11) is -3.46. The fourth-order valence-corrected chi connectivity index (χ4v) is 3.31. The number of carbonyl (C=O) groups is 1. The van der Waals surface area contributed by atoms with Crippen LogP contribution in [0.1, 0.15) is 23.2 Å². The van der Waals surface area contributed by atoms with Crippen LogP contribution in [0.5, 0.6) is 0 Å². The number of hydrogen-bond acceptors (Lipinski definition) is 4. The van der Waals surface area contributed by atoms with Crippen LogP contribution < -0.4 is 0 Å². The van der Waals surface area contributed by atoms with Crippen LogP contribution in [0.4, 0.5) is 0 Å². The number of aromatic amines is 1. The minimum atomic E-state index is -3.46. The largest absolute Gasteiger partial charge is 0.360 e. The monoisotopic (exact) mass is 290 g/mol. The summed E-state index contributed by atoms with van der Waals surface area (Å²) in [5.74, 6) is -1.06. The first kappa shape index (κ1) is 14.3. The molecule has 0 radical (unpaired) electrons. The maximum absolute atomic E-state index is 12.1. The molecule has 20 heavy (non-hydrogen) atoms. The third-order valence-electron chi connectivity index (χ3n) is 2.98. The number of unbranched alkanes of at least 4 members (excludes halogenated alkanes) is 1. The van der Waals surface area contributed by atoms with Gasteiger partial charge in [-0.25, -0.2) is 8.42 Å². The van der Waals surface area contributed by atoms with Crippen molar-refractivity contribution in [2.45, 2.75) is 12.8 Å². The number of H-pyrrole nitrogens is 1. The third-order valence-corrected chi connectivity index (χ3v) is 4.60. The molecule has 0 saturated carbocycles. The molecular formula is C14H14N2O3S. The molecule has 1 aromatic heterocycles. The number of carbonyl (C=O) groups excluding carboxylic acids is 1. The molecule has 0 atom stereocenters.